The van der Waals surface area contributed by atoms with Crippen molar-refractivity contribution in [2.75, 3.05) is 24.5 Å². The maximum atomic E-state index is 13.6. The third kappa shape index (κ3) is 1.96. The Bertz CT molecular complexity index is 399. The van der Waals surface area contributed by atoms with Gasteiger partial charge in [-0.15, -0.1) is 0 Å². The second-order valence-electron chi connectivity index (χ2n) is 3.58. The highest BCUT2D eigenvalue weighted by atomic mass is 19.1. The Morgan fingerprint density at radius 2 is 2.25 bits per heavy atom. The van der Waals surface area contributed by atoms with Crippen molar-refractivity contribution in [1.82, 2.24) is 5.32 Å². The number of hydrogen-bond acceptors (Lipinski definition) is 4. The van der Waals surface area contributed by atoms with Crippen molar-refractivity contribution in [2.45, 2.75) is 6.30 Å². The summed E-state index contributed by atoms with van der Waals surface area (Å²) in [5.41, 5.74) is 0.300. The van der Waals surface area contributed by atoms with Crippen molar-refractivity contribution in [3.63, 3.8) is 0 Å². The average Bonchev–Trinajstić information content (AvgIpc) is 2.29. The number of hydrogen-bond donors (Lipinski definition) is 1. The zero-order valence-corrected chi connectivity index (χ0v) is 8.60. The van der Waals surface area contributed by atoms with E-state index in [4.69, 9.17) is 0 Å². The zero-order valence-electron chi connectivity index (χ0n) is 8.60. The van der Waals surface area contributed by atoms with Gasteiger partial charge in [0.1, 0.15) is 5.69 Å². The van der Waals surface area contributed by atoms with Crippen LogP contribution in [0.2, 0.25) is 0 Å². The molecule has 0 aromatic heterocycles. The van der Waals surface area contributed by atoms with E-state index in [-0.39, 0.29) is 12.2 Å². The quantitative estimate of drug-likeness (QED) is 0.468. The second kappa shape index (κ2) is 4.44. The SMILES string of the molecule is O=[N+]([O-])c1ccccc1N1CCNCC1F. The molecule has 5 nitrogen and oxygen atoms in total. The Morgan fingerprint density at radius 3 is 2.94 bits per heavy atom. The first-order valence-electron chi connectivity index (χ1n) is 5.05. The van der Waals surface area contributed by atoms with Gasteiger partial charge in [-0.1, -0.05) is 12.1 Å². The van der Waals surface area contributed by atoms with E-state index < -0.39 is 11.2 Å². The van der Waals surface area contributed by atoms with Gasteiger partial charge in [-0.25, -0.2) is 4.39 Å². The van der Waals surface area contributed by atoms with Crippen LogP contribution < -0.4 is 10.2 Å². The Balaban J connectivity index is 2.34. The highest BCUT2D eigenvalue weighted by molar-refractivity contribution is 5.63. The molecule has 0 aliphatic carbocycles. The highest BCUT2D eigenvalue weighted by Crippen LogP contribution is 2.29. The van der Waals surface area contributed by atoms with E-state index in [1.807, 2.05) is 0 Å². The molecule has 16 heavy (non-hydrogen) atoms. The standard InChI is InChI=1S/C10H12FN3O2/c11-10-7-12-5-6-13(10)8-3-1-2-4-9(8)14(15)16/h1-4,10,12H,5-7H2. The summed E-state index contributed by atoms with van der Waals surface area (Å²) < 4.78 is 13.6. The number of piperazine rings is 1. The summed E-state index contributed by atoms with van der Waals surface area (Å²) in [5.74, 6) is 0. The summed E-state index contributed by atoms with van der Waals surface area (Å²) in [4.78, 5) is 11.8. The molecule has 0 saturated carbocycles. The van der Waals surface area contributed by atoms with Gasteiger partial charge < -0.3 is 10.2 Å². The van der Waals surface area contributed by atoms with Crippen LogP contribution in [0.4, 0.5) is 15.8 Å². The van der Waals surface area contributed by atoms with Crippen LogP contribution in [0.25, 0.3) is 0 Å². The third-order valence-corrected chi connectivity index (χ3v) is 2.57. The van der Waals surface area contributed by atoms with Gasteiger partial charge in [-0.2, -0.15) is 0 Å². The molecule has 1 aromatic rings. The molecule has 1 aliphatic rings. The van der Waals surface area contributed by atoms with Crippen molar-refractivity contribution in [3.05, 3.63) is 34.4 Å². The van der Waals surface area contributed by atoms with E-state index >= 15 is 0 Å². The minimum Gasteiger partial charge on any atom is -0.334 e. The predicted molar refractivity (Wildman–Crippen MR) is 58.2 cm³/mol. The maximum absolute atomic E-state index is 13.6. The van der Waals surface area contributed by atoms with Gasteiger partial charge in [0.25, 0.3) is 5.69 Å². The topological polar surface area (TPSA) is 58.4 Å². The van der Waals surface area contributed by atoms with Crippen molar-refractivity contribution in [1.29, 1.82) is 0 Å². The lowest BCUT2D eigenvalue weighted by molar-refractivity contribution is -0.384. The van der Waals surface area contributed by atoms with Gasteiger partial charge in [-0.3, -0.25) is 10.1 Å². The van der Waals surface area contributed by atoms with Crippen LogP contribution in [0, 0.1) is 10.1 Å². The number of nitro groups is 1. The number of nitrogens with zero attached hydrogens (tertiary/aromatic N) is 2. The summed E-state index contributed by atoms with van der Waals surface area (Å²) in [7, 11) is 0. The maximum Gasteiger partial charge on any atom is 0.292 e. The van der Waals surface area contributed by atoms with Crippen LogP contribution in [-0.4, -0.2) is 30.9 Å². The number of nitrogens with one attached hydrogen (secondary N) is 1. The molecule has 0 spiro atoms. The van der Waals surface area contributed by atoms with Gasteiger partial charge in [-0.05, 0) is 6.07 Å². The molecule has 2 rings (SSSR count). The van der Waals surface area contributed by atoms with E-state index in [1.165, 1.54) is 11.0 Å². The Morgan fingerprint density at radius 1 is 1.50 bits per heavy atom. The number of anilines is 1. The zero-order chi connectivity index (χ0) is 11.5. The Kier molecular flexibility index (Phi) is 3.00. The lowest BCUT2D eigenvalue weighted by Crippen LogP contribution is -2.49. The first kappa shape index (κ1) is 10.8. The fourth-order valence-corrected chi connectivity index (χ4v) is 1.80. The third-order valence-electron chi connectivity index (χ3n) is 2.57. The number of benzene rings is 1. The van der Waals surface area contributed by atoms with Crippen LogP contribution >= 0.6 is 0 Å². The smallest absolute Gasteiger partial charge is 0.292 e. The second-order valence-corrected chi connectivity index (χ2v) is 3.58. The first-order valence-corrected chi connectivity index (χ1v) is 5.05. The van der Waals surface area contributed by atoms with Crippen molar-refractivity contribution in [2.24, 2.45) is 0 Å². The van der Waals surface area contributed by atoms with Crippen LogP contribution in [0.1, 0.15) is 0 Å². The molecule has 0 bridgehead atoms. The predicted octanol–water partition coefficient (Wildman–Crippen LogP) is 1.30. The number of alkyl halides is 1. The Hall–Kier alpha value is -1.69. The molecule has 1 aliphatic heterocycles. The molecule has 86 valence electrons. The molecule has 1 heterocycles. The van der Waals surface area contributed by atoms with Crippen molar-refractivity contribution in [3.8, 4) is 0 Å². The summed E-state index contributed by atoms with van der Waals surface area (Å²) in [6, 6.07) is 6.23. The lowest BCUT2D eigenvalue weighted by atomic mass is 10.2. The van der Waals surface area contributed by atoms with Crippen LogP contribution in [0.5, 0.6) is 0 Å². The molecule has 0 radical (unpaired) electrons. The van der Waals surface area contributed by atoms with E-state index in [1.54, 1.807) is 18.2 Å². The molecule has 6 heteroatoms. The molecule has 1 aromatic carbocycles. The summed E-state index contributed by atoms with van der Waals surface area (Å²) in [5, 5.41) is 13.7. The van der Waals surface area contributed by atoms with E-state index in [9.17, 15) is 14.5 Å². The largest absolute Gasteiger partial charge is 0.334 e. The van der Waals surface area contributed by atoms with E-state index in [0.29, 0.717) is 18.8 Å². The van der Waals surface area contributed by atoms with Gasteiger partial charge in [0.15, 0.2) is 6.30 Å². The fraction of sp³-hybridized carbons (Fsp3) is 0.400. The van der Waals surface area contributed by atoms with Crippen LogP contribution in [0.3, 0.4) is 0 Å². The van der Waals surface area contributed by atoms with E-state index in [0.717, 1.165) is 0 Å². The normalized spacial score (nSPS) is 20.8. The molecule has 1 unspecified atom stereocenters. The average molecular weight is 225 g/mol. The number of nitro benzene ring substituents is 1. The lowest BCUT2D eigenvalue weighted by Gasteiger charge is -2.32. The minimum atomic E-state index is -1.21. The number of halogens is 1. The molecular formula is C10H12FN3O2. The number of rotatable bonds is 2. The van der Waals surface area contributed by atoms with Crippen molar-refractivity contribution < 1.29 is 9.31 Å². The van der Waals surface area contributed by atoms with E-state index in [2.05, 4.69) is 5.32 Å². The minimum absolute atomic E-state index is 0.0490. The van der Waals surface area contributed by atoms with Gasteiger partial charge in [0, 0.05) is 25.7 Å². The molecule has 1 fully saturated rings. The van der Waals surface area contributed by atoms with Gasteiger partial charge in [0.05, 0.1) is 4.92 Å². The van der Waals surface area contributed by atoms with Gasteiger partial charge in [0.2, 0.25) is 0 Å². The molecule has 0 amide bonds. The molecule has 1 N–H and O–H groups in total. The summed E-state index contributed by atoms with van der Waals surface area (Å²) in [6.07, 6.45) is -1.21. The monoisotopic (exact) mass is 225 g/mol. The summed E-state index contributed by atoms with van der Waals surface area (Å²) in [6.45, 7) is 1.27. The first-order chi connectivity index (χ1) is 7.70. The van der Waals surface area contributed by atoms with Crippen molar-refractivity contribution >= 4 is 11.4 Å². The number of para-hydroxylation sites is 2. The Labute approximate surface area is 92.0 Å². The van der Waals surface area contributed by atoms with Gasteiger partial charge >= 0.3 is 0 Å². The molecule has 1 saturated heterocycles. The summed E-state index contributed by atoms with van der Waals surface area (Å²) >= 11 is 0. The fourth-order valence-electron chi connectivity index (χ4n) is 1.80. The van der Waals surface area contributed by atoms with Crippen LogP contribution in [-0.2, 0) is 0 Å². The molecular weight excluding hydrogens is 213 g/mol. The van der Waals surface area contributed by atoms with Crippen LogP contribution in [0.15, 0.2) is 24.3 Å². The molecule has 1 atom stereocenters. The highest BCUT2D eigenvalue weighted by Gasteiger charge is 2.26.